The smallest absolute Gasteiger partial charge is 0.362 e. The molecule has 0 bridgehead atoms. The molecule has 1 aliphatic heterocycles. The largest absolute Gasteiger partial charge is 0.426 e. The first-order valence-corrected chi connectivity index (χ1v) is 16.5. The molecule has 1 fully saturated rings. The summed E-state index contributed by atoms with van der Waals surface area (Å²) >= 11 is 12.9. The summed E-state index contributed by atoms with van der Waals surface area (Å²) in [6.07, 6.45) is 0.168. The van der Waals surface area contributed by atoms with Gasteiger partial charge in [-0.25, -0.2) is 0 Å². The van der Waals surface area contributed by atoms with E-state index in [1.807, 2.05) is 61.5 Å². The lowest BCUT2D eigenvalue weighted by molar-refractivity contribution is 0.0875. The van der Waals surface area contributed by atoms with E-state index in [9.17, 15) is 4.57 Å². The van der Waals surface area contributed by atoms with Crippen LogP contribution in [0.2, 0.25) is 10.0 Å². The van der Waals surface area contributed by atoms with Gasteiger partial charge in [-0.2, -0.15) is 4.98 Å². The Morgan fingerprint density at radius 3 is 2.43 bits per heavy atom. The Balaban J connectivity index is 1.14. The number of hydrogen-bond acceptors (Lipinski definition) is 5. The van der Waals surface area contributed by atoms with Crippen molar-refractivity contribution in [3.8, 4) is 34.0 Å². The standard InChI is InChI=1S/C35H27Cl2N2O4P/c1-22-10-15-28(19-34(22)44(40)41-17-16-33(43-44)26-8-5-9-27(36)18-26)42-35-38-31-20-29(30(37)21-32(31)39-35)25-13-11-24(12-14-25)23-6-3-2-4-7-23/h2-15,18-21,33H,16-17H2,1H3,(H,38,39). The number of aryl methyl sites for hydroxylation is 1. The molecule has 5 aromatic carbocycles. The monoisotopic (exact) mass is 640 g/mol. The highest BCUT2D eigenvalue weighted by molar-refractivity contribution is 7.62. The molecule has 2 heterocycles. The van der Waals surface area contributed by atoms with E-state index in [1.165, 1.54) is 0 Å². The van der Waals surface area contributed by atoms with Gasteiger partial charge in [0, 0.05) is 17.0 Å². The number of rotatable bonds is 6. The number of aromatic amines is 1. The maximum Gasteiger partial charge on any atom is 0.362 e. The third kappa shape index (κ3) is 5.80. The lowest BCUT2D eigenvalue weighted by Crippen LogP contribution is -2.22. The van der Waals surface area contributed by atoms with Crippen LogP contribution in [0.25, 0.3) is 33.3 Å². The highest BCUT2D eigenvalue weighted by Crippen LogP contribution is 2.56. The molecule has 9 heteroatoms. The quantitative estimate of drug-likeness (QED) is 0.183. The fraction of sp³-hybridized carbons (Fsp3) is 0.114. The molecule has 7 rings (SSSR count). The second-order valence-corrected chi connectivity index (χ2v) is 13.4. The number of H-pyrrole nitrogens is 1. The van der Waals surface area contributed by atoms with Crippen LogP contribution in [0.15, 0.2) is 109 Å². The Morgan fingerprint density at radius 1 is 0.864 bits per heavy atom. The molecular formula is C35H27Cl2N2O4P. The number of halogens is 2. The van der Waals surface area contributed by atoms with Crippen LogP contribution in [0, 0.1) is 6.92 Å². The molecule has 1 saturated heterocycles. The van der Waals surface area contributed by atoms with E-state index < -0.39 is 13.7 Å². The van der Waals surface area contributed by atoms with Gasteiger partial charge in [0.15, 0.2) is 0 Å². The van der Waals surface area contributed by atoms with Crippen LogP contribution >= 0.6 is 30.8 Å². The second-order valence-electron chi connectivity index (χ2n) is 10.7. The van der Waals surface area contributed by atoms with Crippen molar-refractivity contribution in [2.24, 2.45) is 0 Å². The molecule has 0 amide bonds. The first-order chi connectivity index (χ1) is 21.3. The first-order valence-electron chi connectivity index (χ1n) is 14.2. The van der Waals surface area contributed by atoms with Gasteiger partial charge in [-0.05, 0) is 71.1 Å². The van der Waals surface area contributed by atoms with Crippen LogP contribution in [0.1, 0.15) is 23.7 Å². The van der Waals surface area contributed by atoms with Crippen LogP contribution in [0.3, 0.4) is 0 Å². The van der Waals surface area contributed by atoms with Gasteiger partial charge in [-0.1, -0.05) is 96.0 Å². The Morgan fingerprint density at radius 2 is 1.64 bits per heavy atom. The number of imidazole rings is 1. The fourth-order valence-electron chi connectivity index (χ4n) is 5.40. The van der Waals surface area contributed by atoms with Crippen LogP contribution < -0.4 is 10.0 Å². The van der Waals surface area contributed by atoms with E-state index in [1.54, 1.807) is 18.2 Å². The number of fused-ring (bicyclic) bond motifs is 1. The van der Waals surface area contributed by atoms with Gasteiger partial charge < -0.3 is 14.2 Å². The minimum atomic E-state index is -3.64. The molecule has 0 radical (unpaired) electrons. The van der Waals surface area contributed by atoms with Gasteiger partial charge in [0.25, 0.3) is 6.01 Å². The Labute approximate surface area is 265 Å². The Bertz CT molecular complexity index is 2030. The number of ether oxygens (including phenoxy) is 1. The normalized spacial score (nSPS) is 18.4. The van der Waals surface area contributed by atoms with Crippen LogP contribution in [-0.2, 0) is 13.6 Å². The van der Waals surface area contributed by atoms with Gasteiger partial charge in [0.1, 0.15) is 5.75 Å². The molecule has 0 spiro atoms. The zero-order valence-electron chi connectivity index (χ0n) is 23.7. The van der Waals surface area contributed by atoms with E-state index in [2.05, 4.69) is 46.4 Å². The molecule has 2 unspecified atom stereocenters. The second kappa shape index (κ2) is 11.9. The van der Waals surface area contributed by atoms with Crippen LogP contribution in [0.5, 0.6) is 11.8 Å². The van der Waals surface area contributed by atoms with Crippen LogP contribution in [0.4, 0.5) is 0 Å². The number of benzene rings is 5. The SMILES string of the molecule is Cc1ccc(Oc2nc3cc(-c4ccc(-c5ccccc5)cc4)c(Cl)cc3[nH]2)cc1P1(=O)OCCC(c2cccc(Cl)c2)O1. The summed E-state index contributed by atoms with van der Waals surface area (Å²) in [6, 6.07) is 35.3. The lowest BCUT2D eigenvalue weighted by atomic mass is 10.00. The summed E-state index contributed by atoms with van der Waals surface area (Å²) in [7, 11) is -3.64. The topological polar surface area (TPSA) is 73.4 Å². The van der Waals surface area contributed by atoms with Crippen molar-refractivity contribution in [1.82, 2.24) is 9.97 Å². The summed E-state index contributed by atoms with van der Waals surface area (Å²) in [5.41, 5.74) is 7.21. The summed E-state index contributed by atoms with van der Waals surface area (Å²) in [5, 5.41) is 1.64. The van der Waals surface area contributed by atoms with E-state index in [0.717, 1.165) is 38.9 Å². The lowest BCUT2D eigenvalue weighted by Gasteiger charge is -2.31. The molecule has 6 aromatic rings. The van der Waals surface area contributed by atoms with E-state index in [-0.39, 0.29) is 6.01 Å². The average Bonchev–Trinajstić information content (AvgIpc) is 3.43. The zero-order chi connectivity index (χ0) is 30.3. The van der Waals surface area contributed by atoms with Crippen molar-refractivity contribution in [3.05, 3.63) is 130 Å². The molecule has 6 nitrogen and oxygen atoms in total. The number of nitrogens with zero attached hydrogens (tertiary/aromatic N) is 1. The average molecular weight is 641 g/mol. The van der Waals surface area contributed by atoms with Gasteiger partial charge in [-0.15, -0.1) is 0 Å². The van der Waals surface area contributed by atoms with Gasteiger partial charge in [-0.3, -0.25) is 9.09 Å². The summed E-state index contributed by atoms with van der Waals surface area (Å²) in [6.45, 7) is 2.16. The molecule has 1 aromatic heterocycles. The van der Waals surface area contributed by atoms with Crippen molar-refractivity contribution >= 4 is 47.1 Å². The Kier molecular flexibility index (Phi) is 7.79. The molecule has 2 atom stereocenters. The van der Waals surface area contributed by atoms with E-state index in [0.29, 0.717) is 39.6 Å². The van der Waals surface area contributed by atoms with E-state index in [4.69, 9.17) is 37.0 Å². The van der Waals surface area contributed by atoms with Crippen molar-refractivity contribution < 1.29 is 18.3 Å². The molecule has 1 aliphatic rings. The van der Waals surface area contributed by atoms with Crippen molar-refractivity contribution in [3.63, 3.8) is 0 Å². The zero-order valence-corrected chi connectivity index (χ0v) is 26.1. The summed E-state index contributed by atoms with van der Waals surface area (Å²) in [5.74, 6) is 0.444. The summed E-state index contributed by atoms with van der Waals surface area (Å²) < 4.78 is 32.0. The molecule has 1 N–H and O–H groups in total. The highest BCUT2D eigenvalue weighted by Gasteiger charge is 2.37. The minimum absolute atomic E-state index is 0.281. The number of nitrogens with one attached hydrogen (secondary N) is 1. The number of hydrogen-bond donors (Lipinski definition) is 1. The van der Waals surface area contributed by atoms with Crippen LogP contribution in [-0.4, -0.2) is 16.6 Å². The maximum atomic E-state index is 14.0. The molecule has 220 valence electrons. The van der Waals surface area contributed by atoms with Crippen molar-refractivity contribution in [1.29, 1.82) is 0 Å². The predicted octanol–water partition coefficient (Wildman–Crippen LogP) is 10.3. The molecule has 0 saturated carbocycles. The highest BCUT2D eigenvalue weighted by atomic mass is 35.5. The van der Waals surface area contributed by atoms with Gasteiger partial charge >= 0.3 is 7.60 Å². The minimum Gasteiger partial charge on any atom is -0.426 e. The third-order valence-corrected chi connectivity index (χ3v) is 10.3. The van der Waals surface area contributed by atoms with Gasteiger partial charge in [0.05, 0.1) is 34.1 Å². The molecule has 0 aliphatic carbocycles. The predicted molar refractivity (Wildman–Crippen MR) is 176 cm³/mol. The third-order valence-electron chi connectivity index (χ3n) is 7.67. The van der Waals surface area contributed by atoms with Crippen molar-refractivity contribution in [2.75, 3.05) is 6.61 Å². The Hall–Kier alpha value is -3.90. The van der Waals surface area contributed by atoms with E-state index >= 15 is 0 Å². The maximum absolute atomic E-state index is 14.0. The van der Waals surface area contributed by atoms with Gasteiger partial charge in [0.2, 0.25) is 0 Å². The summed E-state index contributed by atoms with van der Waals surface area (Å²) in [4.78, 5) is 7.85. The number of aromatic nitrogens is 2. The molecule has 44 heavy (non-hydrogen) atoms. The fourth-order valence-corrected chi connectivity index (χ4v) is 7.88. The molecular weight excluding hydrogens is 614 g/mol. The first kappa shape index (κ1) is 28.8. The van der Waals surface area contributed by atoms with Crippen molar-refractivity contribution in [2.45, 2.75) is 19.4 Å².